The van der Waals surface area contributed by atoms with E-state index in [4.69, 9.17) is 21.1 Å². The molecular formula is C14H22N8O7S. The molecule has 0 saturated heterocycles. The molecule has 9 N–H and O–H groups in total. The molecule has 2 aromatic heterocycles. The summed E-state index contributed by atoms with van der Waals surface area (Å²) in [6.45, 7) is 1.09. The summed E-state index contributed by atoms with van der Waals surface area (Å²) >= 11 is 0. The average molecular weight is 446 g/mol. The minimum Gasteiger partial charge on any atom is -0.480 e. The van der Waals surface area contributed by atoms with E-state index in [-0.39, 0.29) is 18.1 Å². The van der Waals surface area contributed by atoms with Gasteiger partial charge >= 0.3 is 5.97 Å². The second-order valence-corrected chi connectivity index (χ2v) is 7.88. The largest absolute Gasteiger partial charge is 0.480 e. The van der Waals surface area contributed by atoms with E-state index in [0.29, 0.717) is 5.69 Å². The van der Waals surface area contributed by atoms with E-state index in [2.05, 4.69) is 20.1 Å². The Morgan fingerprint density at radius 3 is 2.60 bits per heavy atom. The number of aliphatic hydroxyl groups is 1. The molecule has 0 aliphatic rings. The second kappa shape index (κ2) is 9.72. The van der Waals surface area contributed by atoms with Crippen LogP contribution in [0, 0.1) is 0 Å². The van der Waals surface area contributed by atoms with Crippen molar-refractivity contribution in [3.8, 4) is 0 Å². The summed E-state index contributed by atoms with van der Waals surface area (Å²) in [6, 6.07) is -3.96. The number of H-pyrrole nitrogens is 1. The fraction of sp³-hybridized carbons (Fsp3) is 0.500. The third-order valence-corrected chi connectivity index (χ3v) is 4.97. The van der Waals surface area contributed by atoms with E-state index in [1.165, 1.54) is 6.33 Å². The zero-order valence-electron chi connectivity index (χ0n) is 15.7. The number of imidazole rings is 1. The van der Waals surface area contributed by atoms with Gasteiger partial charge in [0.15, 0.2) is 5.82 Å². The Morgan fingerprint density at radius 2 is 2.07 bits per heavy atom. The van der Waals surface area contributed by atoms with Gasteiger partial charge in [-0.2, -0.15) is 22.8 Å². The van der Waals surface area contributed by atoms with Crippen LogP contribution in [-0.4, -0.2) is 62.8 Å². The zero-order chi connectivity index (χ0) is 22.5. The summed E-state index contributed by atoms with van der Waals surface area (Å²) in [5.41, 5.74) is 11.8. The van der Waals surface area contributed by atoms with Gasteiger partial charge in [-0.25, -0.2) is 4.98 Å². The Hall–Kier alpha value is -2.92. The number of aromatic nitrogens is 4. The summed E-state index contributed by atoms with van der Waals surface area (Å²) in [6.07, 6.45) is 1.19. The summed E-state index contributed by atoms with van der Waals surface area (Å²) < 4.78 is 33.4. The normalized spacial score (nSPS) is 16.0. The zero-order valence-corrected chi connectivity index (χ0v) is 16.5. The van der Waals surface area contributed by atoms with Crippen LogP contribution in [0.3, 0.4) is 0 Å². The van der Waals surface area contributed by atoms with E-state index in [1.54, 1.807) is 10.9 Å². The number of hydrogen-bond acceptors (Lipinski definition) is 10. The molecule has 0 saturated carbocycles. The van der Waals surface area contributed by atoms with Gasteiger partial charge in [0.25, 0.3) is 10.2 Å². The third-order valence-electron chi connectivity index (χ3n) is 3.82. The number of rotatable bonds is 12. The highest BCUT2D eigenvalue weighted by Crippen LogP contribution is 2.19. The number of nitrogens with one attached hydrogen (secondary N) is 3. The number of carboxylic acid groups (broad SMARTS) is 1. The molecule has 166 valence electrons. The highest BCUT2D eigenvalue weighted by atomic mass is 32.2. The van der Waals surface area contributed by atoms with Gasteiger partial charge in [-0.05, 0) is 6.92 Å². The van der Waals surface area contributed by atoms with Gasteiger partial charge in [0.2, 0.25) is 11.8 Å². The number of primary amides is 1. The first kappa shape index (κ1) is 23.4. The van der Waals surface area contributed by atoms with Crippen molar-refractivity contribution in [1.82, 2.24) is 29.6 Å². The standard InChI is InChI=1S/C14H22N8O7S/c1-6(23)11(14(25)26)22-30(27,28)21-9(3-10(16)24)13-19-12(20-29-13)8(15)2-7-4-17-5-18-7/h4-6,8-9,11,21-23H,2-3,15H2,1H3,(H2,16,24)(H,17,18)(H,25,26)/t6?,8-,9-,11-/m0/s1. The Labute approximate surface area is 170 Å². The molecule has 0 aliphatic carbocycles. The van der Waals surface area contributed by atoms with Crippen LogP contribution in [0.25, 0.3) is 0 Å². The maximum absolute atomic E-state index is 12.3. The first-order valence-electron chi connectivity index (χ1n) is 8.53. The molecule has 2 rings (SSSR count). The summed E-state index contributed by atoms with van der Waals surface area (Å²) in [4.78, 5) is 33.2. The van der Waals surface area contributed by atoms with Gasteiger partial charge in [-0.1, -0.05) is 5.16 Å². The minimum atomic E-state index is -4.54. The number of carbonyl (C=O) groups is 2. The van der Waals surface area contributed by atoms with Gasteiger partial charge in [0, 0.05) is 18.3 Å². The molecule has 1 amide bonds. The minimum absolute atomic E-state index is 0.0358. The third kappa shape index (κ3) is 6.56. The number of aromatic amines is 1. The first-order valence-corrected chi connectivity index (χ1v) is 10.0. The summed E-state index contributed by atoms with van der Waals surface area (Å²) in [7, 11) is -4.54. The van der Waals surface area contributed by atoms with E-state index in [0.717, 1.165) is 6.92 Å². The van der Waals surface area contributed by atoms with Gasteiger partial charge in [0.05, 0.1) is 24.9 Å². The Bertz CT molecular complexity index is 959. The van der Waals surface area contributed by atoms with Crippen LogP contribution < -0.4 is 20.9 Å². The Kier molecular flexibility index (Phi) is 7.57. The van der Waals surface area contributed by atoms with Crippen LogP contribution in [0.15, 0.2) is 17.0 Å². The summed E-state index contributed by atoms with van der Waals surface area (Å²) in [5, 5.41) is 22.1. The van der Waals surface area contributed by atoms with Crippen molar-refractivity contribution in [3.63, 3.8) is 0 Å². The lowest BCUT2D eigenvalue weighted by Crippen LogP contribution is -2.52. The van der Waals surface area contributed by atoms with Crippen molar-refractivity contribution >= 4 is 22.1 Å². The van der Waals surface area contributed by atoms with Crippen LogP contribution in [0.5, 0.6) is 0 Å². The van der Waals surface area contributed by atoms with Crippen molar-refractivity contribution in [2.45, 2.75) is 44.0 Å². The van der Waals surface area contributed by atoms with E-state index in [9.17, 15) is 23.1 Å². The molecule has 0 fully saturated rings. The summed E-state index contributed by atoms with van der Waals surface area (Å²) in [5.74, 6) is -2.77. The fourth-order valence-electron chi connectivity index (χ4n) is 2.39. The van der Waals surface area contributed by atoms with Crippen molar-refractivity contribution in [2.75, 3.05) is 0 Å². The van der Waals surface area contributed by atoms with Crippen LogP contribution >= 0.6 is 0 Å². The van der Waals surface area contributed by atoms with E-state index >= 15 is 0 Å². The van der Waals surface area contributed by atoms with Crippen molar-refractivity contribution in [3.05, 3.63) is 29.9 Å². The number of nitrogens with zero attached hydrogens (tertiary/aromatic N) is 3. The fourth-order valence-corrected chi connectivity index (χ4v) is 3.65. The van der Waals surface area contributed by atoms with Crippen molar-refractivity contribution in [2.24, 2.45) is 11.5 Å². The number of nitrogens with two attached hydrogens (primary N) is 2. The molecule has 2 aromatic rings. The van der Waals surface area contributed by atoms with Crippen LogP contribution in [0.4, 0.5) is 0 Å². The Morgan fingerprint density at radius 1 is 1.37 bits per heavy atom. The lowest BCUT2D eigenvalue weighted by Gasteiger charge is -2.19. The molecule has 0 aliphatic heterocycles. The highest BCUT2D eigenvalue weighted by Gasteiger charge is 2.32. The SMILES string of the molecule is CC(O)[C@H](NS(=O)(=O)N[C@@H](CC(N)=O)c1nc([C@@H](N)Cc2cnc[nH]2)no1)C(=O)O. The molecule has 2 heterocycles. The van der Waals surface area contributed by atoms with Gasteiger partial charge in [-0.3, -0.25) is 9.59 Å². The smallest absolute Gasteiger partial charge is 0.324 e. The number of aliphatic hydroxyl groups excluding tert-OH is 1. The van der Waals surface area contributed by atoms with Gasteiger partial charge in [-0.15, -0.1) is 0 Å². The topological polar surface area (TPSA) is 252 Å². The predicted octanol–water partition coefficient (Wildman–Crippen LogP) is -2.79. The maximum atomic E-state index is 12.3. The Balaban J connectivity index is 2.18. The lowest BCUT2D eigenvalue weighted by molar-refractivity contribution is -0.141. The number of carboxylic acids is 1. The van der Waals surface area contributed by atoms with Crippen LogP contribution in [0.1, 0.15) is 42.8 Å². The molecular weight excluding hydrogens is 424 g/mol. The number of aliphatic carboxylic acids is 1. The molecule has 4 atom stereocenters. The average Bonchev–Trinajstić information content (AvgIpc) is 3.29. The lowest BCUT2D eigenvalue weighted by atomic mass is 10.1. The van der Waals surface area contributed by atoms with Crippen LogP contribution in [0.2, 0.25) is 0 Å². The van der Waals surface area contributed by atoms with Crippen molar-refractivity contribution < 1.29 is 32.7 Å². The van der Waals surface area contributed by atoms with E-state index < -0.39 is 52.7 Å². The number of carbonyl (C=O) groups excluding carboxylic acids is 1. The second-order valence-electron chi connectivity index (χ2n) is 6.40. The highest BCUT2D eigenvalue weighted by molar-refractivity contribution is 7.87. The molecule has 0 bridgehead atoms. The number of amides is 1. The molecule has 0 spiro atoms. The van der Waals surface area contributed by atoms with Crippen LogP contribution in [-0.2, 0) is 26.2 Å². The maximum Gasteiger partial charge on any atom is 0.324 e. The molecule has 15 nitrogen and oxygen atoms in total. The van der Waals surface area contributed by atoms with Gasteiger partial charge in [0.1, 0.15) is 12.1 Å². The monoisotopic (exact) mass is 446 g/mol. The predicted molar refractivity (Wildman–Crippen MR) is 98.4 cm³/mol. The number of hydrogen-bond donors (Lipinski definition) is 7. The quantitative estimate of drug-likeness (QED) is 0.175. The molecule has 0 radical (unpaired) electrons. The molecule has 0 aromatic carbocycles. The molecule has 16 heteroatoms. The van der Waals surface area contributed by atoms with Crippen molar-refractivity contribution in [1.29, 1.82) is 0 Å². The first-order chi connectivity index (χ1) is 14.0. The molecule has 1 unspecified atom stereocenters. The van der Waals surface area contributed by atoms with Gasteiger partial charge < -0.3 is 31.2 Å². The van der Waals surface area contributed by atoms with E-state index in [1.807, 2.05) is 4.72 Å². The molecule has 30 heavy (non-hydrogen) atoms.